The van der Waals surface area contributed by atoms with Gasteiger partial charge in [0.05, 0.1) is 16.9 Å². The summed E-state index contributed by atoms with van der Waals surface area (Å²) >= 11 is 0. The van der Waals surface area contributed by atoms with E-state index < -0.39 is 6.09 Å². The minimum Gasteiger partial charge on any atom is -0.465 e. The predicted octanol–water partition coefficient (Wildman–Crippen LogP) is 3.92. The Morgan fingerprint density at radius 1 is 1.12 bits per heavy atom. The summed E-state index contributed by atoms with van der Waals surface area (Å²) in [7, 11) is 2.03. The van der Waals surface area contributed by atoms with Crippen LogP contribution in [0.1, 0.15) is 25.7 Å². The van der Waals surface area contributed by atoms with Crippen molar-refractivity contribution in [3.05, 3.63) is 55.0 Å². The zero-order valence-electron chi connectivity index (χ0n) is 18.3. The molecule has 168 valence electrons. The van der Waals surface area contributed by atoms with Crippen molar-refractivity contribution in [1.82, 2.24) is 29.9 Å². The number of amides is 1. The number of aromatic amines is 1. The highest BCUT2D eigenvalue weighted by Gasteiger charge is 2.44. The minimum absolute atomic E-state index is 0.107. The van der Waals surface area contributed by atoms with Crippen LogP contribution in [-0.2, 0) is 0 Å². The molecule has 2 saturated heterocycles. The highest BCUT2D eigenvalue weighted by atomic mass is 16.4. The molecule has 3 atom stereocenters. The Morgan fingerprint density at radius 3 is 2.61 bits per heavy atom. The summed E-state index contributed by atoms with van der Waals surface area (Å²) in [6, 6.07) is 12.5. The van der Waals surface area contributed by atoms with Gasteiger partial charge in [-0.1, -0.05) is 0 Å². The summed E-state index contributed by atoms with van der Waals surface area (Å²) in [6.45, 7) is 0. The summed E-state index contributed by atoms with van der Waals surface area (Å²) in [5.74, 6) is 0.808. The Labute approximate surface area is 190 Å². The normalized spacial score (nSPS) is 22.1. The number of hydrogen-bond acceptors (Lipinski definition) is 5. The van der Waals surface area contributed by atoms with Crippen molar-refractivity contribution in [3.63, 3.8) is 0 Å². The Morgan fingerprint density at radius 2 is 1.94 bits per heavy atom. The molecule has 1 unspecified atom stereocenters. The molecule has 6 rings (SSSR count). The van der Waals surface area contributed by atoms with Crippen LogP contribution in [0.5, 0.6) is 0 Å². The molecule has 2 aliphatic heterocycles. The highest BCUT2D eigenvalue weighted by molar-refractivity contribution is 5.98. The molecule has 3 aromatic heterocycles. The number of carbonyl (C=O) groups is 1. The largest absolute Gasteiger partial charge is 0.465 e. The number of carboxylic acid groups (broad SMARTS) is 1. The maximum atomic E-state index is 11.6. The molecule has 9 nitrogen and oxygen atoms in total. The molecule has 2 bridgehead atoms. The molecular formula is C24H25N7O2. The van der Waals surface area contributed by atoms with E-state index in [4.69, 9.17) is 0 Å². The van der Waals surface area contributed by atoms with E-state index in [1.54, 1.807) is 11.1 Å². The van der Waals surface area contributed by atoms with Crippen LogP contribution in [-0.4, -0.2) is 66.2 Å². The van der Waals surface area contributed by atoms with Gasteiger partial charge in [-0.25, -0.2) is 9.48 Å². The number of anilines is 1. The fourth-order valence-electron chi connectivity index (χ4n) is 5.59. The van der Waals surface area contributed by atoms with Crippen LogP contribution in [0.4, 0.5) is 10.6 Å². The lowest BCUT2D eigenvalue weighted by Gasteiger charge is -2.41. The first-order valence-corrected chi connectivity index (χ1v) is 11.3. The van der Waals surface area contributed by atoms with E-state index in [1.165, 1.54) is 0 Å². The number of nitrogens with zero attached hydrogens (tertiary/aromatic N) is 6. The van der Waals surface area contributed by atoms with Gasteiger partial charge < -0.3 is 19.9 Å². The second kappa shape index (κ2) is 7.61. The van der Waals surface area contributed by atoms with E-state index in [-0.39, 0.29) is 18.1 Å². The third-order valence-corrected chi connectivity index (χ3v) is 7.22. The van der Waals surface area contributed by atoms with Crippen molar-refractivity contribution in [2.75, 3.05) is 11.9 Å². The van der Waals surface area contributed by atoms with E-state index in [0.29, 0.717) is 0 Å². The van der Waals surface area contributed by atoms with E-state index in [0.717, 1.165) is 59.3 Å². The molecule has 33 heavy (non-hydrogen) atoms. The molecule has 0 radical (unpaired) electrons. The van der Waals surface area contributed by atoms with Crippen molar-refractivity contribution < 1.29 is 9.90 Å². The topological polar surface area (TPSA) is 103 Å². The van der Waals surface area contributed by atoms with Crippen molar-refractivity contribution in [2.45, 2.75) is 43.8 Å². The van der Waals surface area contributed by atoms with E-state index in [1.807, 2.05) is 60.5 Å². The van der Waals surface area contributed by atoms with Crippen LogP contribution in [0.3, 0.4) is 0 Å². The molecule has 0 aliphatic carbocycles. The molecule has 0 spiro atoms. The zero-order valence-corrected chi connectivity index (χ0v) is 18.3. The minimum atomic E-state index is -0.790. The Kier molecular flexibility index (Phi) is 4.56. The van der Waals surface area contributed by atoms with Gasteiger partial charge in [-0.05, 0) is 62.1 Å². The summed E-state index contributed by atoms with van der Waals surface area (Å²) in [5.41, 5.74) is 3.79. The van der Waals surface area contributed by atoms with Gasteiger partial charge in [0.15, 0.2) is 5.82 Å². The molecule has 1 aromatic carbocycles. The van der Waals surface area contributed by atoms with Crippen molar-refractivity contribution in [1.29, 1.82) is 0 Å². The van der Waals surface area contributed by atoms with Gasteiger partial charge in [-0.3, -0.25) is 0 Å². The lowest BCUT2D eigenvalue weighted by Crippen LogP contribution is -2.51. The van der Waals surface area contributed by atoms with Gasteiger partial charge in [0, 0.05) is 54.7 Å². The number of rotatable bonds is 4. The summed E-state index contributed by atoms with van der Waals surface area (Å²) in [5, 5.41) is 24.0. The third kappa shape index (κ3) is 3.23. The average Bonchev–Trinajstić information content (AvgIpc) is 3.58. The summed E-state index contributed by atoms with van der Waals surface area (Å²) < 4.78 is 1.85. The average molecular weight is 444 g/mol. The first kappa shape index (κ1) is 19.8. The number of nitrogens with one attached hydrogen (secondary N) is 1. The zero-order chi connectivity index (χ0) is 22.5. The first-order chi connectivity index (χ1) is 16.1. The van der Waals surface area contributed by atoms with Gasteiger partial charge in [0.1, 0.15) is 0 Å². The molecule has 1 amide bonds. The second-order valence-electron chi connectivity index (χ2n) is 8.94. The summed E-state index contributed by atoms with van der Waals surface area (Å²) in [6.07, 6.45) is 8.40. The van der Waals surface area contributed by atoms with E-state index in [9.17, 15) is 9.90 Å². The fourth-order valence-corrected chi connectivity index (χ4v) is 5.59. The van der Waals surface area contributed by atoms with Crippen molar-refractivity contribution in [3.8, 4) is 16.9 Å². The lowest BCUT2D eigenvalue weighted by molar-refractivity contribution is 0.0965. The molecule has 4 aromatic rings. The number of hydrogen-bond donors (Lipinski definition) is 2. The number of fused-ring (bicyclic) bond motifs is 3. The van der Waals surface area contributed by atoms with Gasteiger partial charge >= 0.3 is 6.09 Å². The van der Waals surface area contributed by atoms with Crippen LogP contribution >= 0.6 is 0 Å². The molecule has 2 fully saturated rings. The third-order valence-electron chi connectivity index (χ3n) is 7.22. The van der Waals surface area contributed by atoms with Crippen LogP contribution in [0.25, 0.3) is 27.8 Å². The first-order valence-electron chi connectivity index (χ1n) is 11.3. The predicted molar refractivity (Wildman–Crippen MR) is 125 cm³/mol. The molecule has 9 heteroatoms. The van der Waals surface area contributed by atoms with Gasteiger partial charge in [-0.15, -0.1) is 10.2 Å². The highest BCUT2D eigenvalue weighted by Crippen LogP contribution is 2.38. The second-order valence-corrected chi connectivity index (χ2v) is 8.94. The van der Waals surface area contributed by atoms with E-state index in [2.05, 4.69) is 25.2 Å². The molecular weight excluding hydrogens is 418 g/mol. The molecule has 2 N–H and O–H groups in total. The lowest BCUT2D eigenvalue weighted by atomic mass is 9.96. The monoisotopic (exact) mass is 443 g/mol. The van der Waals surface area contributed by atoms with Crippen molar-refractivity contribution in [2.24, 2.45) is 0 Å². The quantitative estimate of drug-likeness (QED) is 0.496. The standard InChI is InChI=1S/C24H25N7O2/c1-29(17-13-15-3-4-16(14-17)31(15)24(32)33)22-8-6-20(27-28-22)18-5-7-21(30-12-2-10-26-30)19-9-11-25-23(18)19/h2,5-12,15-17,25H,3-4,13-14H2,1H3,(H,32,33)/t15-,16+,17?. The molecule has 2 aliphatic rings. The van der Waals surface area contributed by atoms with Gasteiger partial charge in [0.2, 0.25) is 0 Å². The Balaban J connectivity index is 1.25. The van der Waals surface area contributed by atoms with Crippen LogP contribution in [0.15, 0.2) is 55.0 Å². The van der Waals surface area contributed by atoms with Crippen LogP contribution in [0.2, 0.25) is 0 Å². The number of H-pyrrole nitrogens is 1. The number of piperidine rings is 1. The van der Waals surface area contributed by atoms with Crippen LogP contribution < -0.4 is 4.90 Å². The smallest absolute Gasteiger partial charge is 0.407 e. The summed E-state index contributed by atoms with van der Waals surface area (Å²) in [4.78, 5) is 18.7. The Bertz CT molecular complexity index is 1280. The SMILES string of the molecule is CN(c1ccc(-c2ccc(-n3cccn3)c3cc[nH]c23)nn1)C1C[C@H]2CC[C@@H](C1)N2C(=O)O. The molecule has 0 saturated carbocycles. The van der Waals surface area contributed by atoms with E-state index >= 15 is 0 Å². The molecule has 5 heterocycles. The maximum Gasteiger partial charge on any atom is 0.407 e. The maximum absolute atomic E-state index is 11.6. The Hall–Kier alpha value is -3.88. The van der Waals surface area contributed by atoms with Gasteiger partial charge in [0.25, 0.3) is 0 Å². The van der Waals surface area contributed by atoms with Crippen LogP contribution in [0, 0.1) is 0 Å². The van der Waals surface area contributed by atoms with Gasteiger partial charge in [-0.2, -0.15) is 5.10 Å². The number of aromatic nitrogens is 5. The number of benzene rings is 1. The fraction of sp³-hybridized carbons (Fsp3) is 0.333. The van der Waals surface area contributed by atoms with Crippen molar-refractivity contribution >= 4 is 22.8 Å².